The van der Waals surface area contributed by atoms with Gasteiger partial charge in [0.1, 0.15) is 11.5 Å². The zero-order chi connectivity index (χ0) is 27.8. The van der Waals surface area contributed by atoms with Gasteiger partial charge in [0.2, 0.25) is 0 Å². The number of hydrogen-bond donors (Lipinski definition) is 0. The van der Waals surface area contributed by atoms with Gasteiger partial charge in [0.25, 0.3) is 10.0 Å². The molecule has 12 heteroatoms. The standard InChI is InChI=1S/C27H19F4N5O2S/c1-35(34-16-21-15-33-25-12-9-20(17-36(21)25)19-4-3-13-32-14-19)39(37,38)22-10-7-18(8-11-22)23-5-2-6-24(26(23)28)27(29,30)31/h2-17H,1H3. The average Bonchev–Trinajstić information content (AvgIpc) is 3.34. The molecule has 0 saturated carbocycles. The summed E-state index contributed by atoms with van der Waals surface area (Å²) >= 11 is 0. The van der Waals surface area contributed by atoms with Crippen molar-refractivity contribution in [3.63, 3.8) is 0 Å². The Balaban J connectivity index is 1.39. The third-order valence-electron chi connectivity index (χ3n) is 6.00. The summed E-state index contributed by atoms with van der Waals surface area (Å²) in [6.45, 7) is 0. The highest BCUT2D eigenvalue weighted by Crippen LogP contribution is 2.35. The molecule has 7 nitrogen and oxygen atoms in total. The van der Waals surface area contributed by atoms with Gasteiger partial charge in [-0.25, -0.2) is 9.37 Å². The van der Waals surface area contributed by atoms with E-state index in [4.69, 9.17) is 0 Å². The Labute approximate surface area is 220 Å². The first-order valence-electron chi connectivity index (χ1n) is 11.4. The van der Waals surface area contributed by atoms with E-state index in [1.807, 2.05) is 30.5 Å². The van der Waals surface area contributed by atoms with E-state index in [-0.39, 0.29) is 16.0 Å². The summed E-state index contributed by atoms with van der Waals surface area (Å²) in [6, 6.07) is 15.2. The lowest BCUT2D eigenvalue weighted by atomic mass is 10.0. The minimum Gasteiger partial charge on any atom is -0.298 e. The fraction of sp³-hybridized carbons (Fsp3) is 0.0741. The summed E-state index contributed by atoms with van der Waals surface area (Å²) in [7, 11) is -2.87. The lowest BCUT2D eigenvalue weighted by Crippen LogP contribution is -2.22. The Morgan fingerprint density at radius 2 is 1.67 bits per heavy atom. The van der Waals surface area contributed by atoms with Gasteiger partial charge in [-0.15, -0.1) is 0 Å². The molecular weight excluding hydrogens is 534 g/mol. The van der Waals surface area contributed by atoms with Crippen LogP contribution >= 0.6 is 0 Å². The molecule has 0 aliphatic carbocycles. The van der Waals surface area contributed by atoms with Crippen molar-refractivity contribution in [3.05, 3.63) is 109 Å². The highest BCUT2D eigenvalue weighted by atomic mass is 32.2. The number of nitrogens with zero attached hydrogens (tertiary/aromatic N) is 5. The number of halogens is 4. The molecule has 5 aromatic rings. The largest absolute Gasteiger partial charge is 0.419 e. The van der Waals surface area contributed by atoms with Crippen LogP contribution in [0.5, 0.6) is 0 Å². The first kappa shape index (κ1) is 26.0. The van der Waals surface area contributed by atoms with Gasteiger partial charge in [0.15, 0.2) is 0 Å². The number of imidazole rings is 1. The van der Waals surface area contributed by atoms with Gasteiger partial charge >= 0.3 is 6.18 Å². The maximum absolute atomic E-state index is 14.5. The van der Waals surface area contributed by atoms with Gasteiger partial charge in [-0.2, -0.15) is 31.1 Å². The Morgan fingerprint density at radius 1 is 0.923 bits per heavy atom. The molecule has 0 saturated heterocycles. The topological polar surface area (TPSA) is 79.9 Å². The van der Waals surface area contributed by atoms with Crippen LogP contribution in [0.3, 0.4) is 0 Å². The number of fused-ring (bicyclic) bond motifs is 1. The molecule has 0 fully saturated rings. The number of sulfonamides is 1. The summed E-state index contributed by atoms with van der Waals surface area (Å²) in [5, 5.41) is 4.06. The Morgan fingerprint density at radius 3 is 2.36 bits per heavy atom. The molecule has 3 heterocycles. The summed E-state index contributed by atoms with van der Waals surface area (Å²) < 4.78 is 82.3. The van der Waals surface area contributed by atoms with E-state index in [0.717, 1.165) is 21.6 Å². The summed E-state index contributed by atoms with van der Waals surface area (Å²) in [5.41, 5.74) is 1.33. The van der Waals surface area contributed by atoms with E-state index in [9.17, 15) is 26.0 Å². The predicted molar refractivity (Wildman–Crippen MR) is 138 cm³/mol. The third-order valence-corrected chi connectivity index (χ3v) is 7.65. The smallest absolute Gasteiger partial charge is 0.298 e. The van der Waals surface area contributed by atoms with Crippen LogP contribution in [0.4, 0.5) is 17.6 Å². The second-order valence-electron chi connectivity index (χ2n) is 8.44. The van der Waals surface area contributed by atoms with E-state index >= 15 is 0 Å². The lowest BCUT2D eigenvalue weighted by Gasteiger charge is -2.15. The molecule has 0 radical (unpaired) electrons. The van der Waals surface area contributed by atoms with Gasteiger partial charge in [0, 0.05) is 42.3 Å². The first-order chi connectivity index (χ1) is 18.6. The minimum absolute atomic E-state index is 0.0962. The SMILES string of the molecule is CN(N=Cc1cnc2ccc(-c3cccnc3)cn12)S(=O)(=O)c1ccc(-c2cccc(C(F)(F)F)c2F)cc1. The van der Waals surface area contributed by atoms with E-state index in [1.54, 1.807) is 23.0 Å². The molecule has 5 rings (SSSR count). The van der Waals surface area contributed by atoms with E-state index < -0.39 is 27.6 Å². The highest BCUT2D eigenvalue weighted by molar-refractivity contribution is 7.89. The molecule has 39 heavy (non-hydrogen) atoms. The van der Waals surface area contributed by atoms with Crippen molar-refractivity contribution < 1.29 is 26.0 Å². The lowest BCUT2D eigenvalue weighted by molar-refractivity contribution is -0.139. The first-order valence-corrected chi connectivity index (χ1v) is 12.9. The fourth-order valence-electron chi connectivity index (χ4n) is 3.93. The zero-order valence-corrected chi connectivity index (χ0v) is 21.0. The molecular formula is C27H19F4N5O2S. The number of alkyl halides is 3. The Bertz CT molecular complexity index is 1790. The van der Waals surface area contributed by atoms with Crippen LogP contribution in [-0.4, -0.2) is 40.5 Å². The fourth-order valence-corrected chi connectivity index (χ4v) is 4.89. The van der Waals surface area contributed by atoms with E-state index in [2.05, 4.69) is 15.1 Å². The normalized spacial score (nSPS) is 12.3. The van der Waals surface area contributed by atoms with E-state index in [1.165, 1.54) is 43.6 Å². The molecule has 2 aromatic carbocycles. The second kappa shape index (κ2) is 9.95. The minimum atomic E-state index is -4.86. The molecule has 0 aliphatic heterocycles. The van der Waals surface area contributed by atoms with Gasteiger partial charge < -0.3 is 0 Å². The van der Waals surface area contributed by atoms with Crippen LogP contribution in [0.1, 0.15) is 11.3 Å². The van der Waals surface area contributed by atoms with Crippen LogP contribution in [0.25, 0.3) is 27.9 Å². The van der Waals surface area contributed by atoms with Crippen LogP contribution in [0.2, 0.25) is 0 Å². The molecule has 0 atom stereocenters. The van der Waals surface area contributed by atoms with Gasteiger partial charge in [-0.3, -0.25) is 9.38 Å². The molecule has 0 amide bonds. The van der Waals surface area contributed by atoms with Crippen molar-refractivity contribution in [1.82, 2.24) is 18.8 Å². The molecule has 0 bridgehead atoms. The maximum atomic E-state index is 14.5. The Kier molecular flexibility index (Phi) is 6.64. The van der Waals surface area contributed by atoms with Crippen molar-refractivity contribution in [2.45, 2.75) is 11.1 Å². The predicted octanol–water partition coefficient (Wildman–Crippen LogP) is 5.88. The summed E-state index contributed by atoms with van der Waals surface area (Å²) in [5.74, 6) is -1.43. The van der Waals surface area contributed by atoms with Crippen molar-refractivity contribution in [2.24, 2.45) is 5.10 Å². The number of rotatable bonds is 6. The molecule has 0 spiro atoms. The highest BCUT2D eigenvalue weighted by Gasteiger charge is 2.35. The number of benzene rings is 2. The molecule has 0 aliphatic rings. The van der Waals surface area contributed by atoms with Crippen LogP contribution < -0.4 is 0 Å². The van der Waals surface area contributed by atoms with Gasteiger partial charge in [-0.05, 0) is 42.0 Å². The van der Waals surface area contributed by atoms with Gasteiger partial charge in [0.05, 0.1) is 28.6 Å². The van der Waals surface area contributed by atoms with Crippen molar-refractivity contribution in [2.75, 3.05) is 7.05 Å². The van der Waals surface area contributed by atoms with Crippen LogP contribution in [0.15, 0.2) is 102 Å². The number of hydrogen-bond acceptors (Lipinski definition) is 5. The van der Waals surface area contributed by atoms with Crippen LogP contribution in [-0.2, 0) is 16.2 Å². The summed E-state index contributed by atoms with van der Waals surface area (Å²) in [4.78, 5) is 8.25. The van der Waals surface area contributed by atoms with Crippen LogP contribution in [0, 0.1) is 5.82 Å². The molecule has 0 N–H and O–H groups in total. The Hall–Kier alpha value is -4.58. The zero-order valence-electron chi connectivity index (χ0n) is 20.2. The molecule has 3 aromatic heterocycles. The van der Waals surface area contributed by atoms with Crippen molar-refractivity contribution in [1.29, 1.82) is 0 Å². The van der Waals surface area contributed by atoms with Crippen molar-refractivity contribution >= 4 is 21.9 Å². The monoisotopic (exact) mass is 553 g/mol. The third kappa shape index (κ3) is 5.10. The quantitative estimate of drug-likeness (QED) is 0.150. The molecule has 198 valence electrons. The number of pyridine rings is 2. The van der Waals surface area contributed by atoms with Gasteiger partial charge in [-0.1, -0.05) is 30.3 Å². The van der Waals surface area contributed by atoms with E-state index in [0.29, 0.717) is 17.4 Å². The summed E-state index contributed by atoms with van der Waals surface area (Å²) in [6.07, 6.45) is 3.26. The molecule has 0 unspecified atom stereocenters. The number of aromatic nitrogens is 3. The average molecular weight is 554 g/mol. The second-order valence-corrected chi connectivity index (χ2v) is 10.4. The maximum Gasteiger partial charge on any atom is 0.419 e. The van der Waals surface area contributed by atoms with Crippen molar-refractivity contribution in [3.8, 4) is 22.3 Å². The number of hydrazone groups is 1.